The van der Waals surface area contributed by atoms with Crippen molar-refractivity contribution in [1.29, 1.82) is 0 Å². The minimum atomic E-state index is -3.55. The van der Waals surface area contributed by atoms with Crippen LogP contribution in [0, 0.1) is 6.92 Å². The Balaban J connectivity index is 1.80. The lowest BCUT2D eigenvalue weighted by Gasteiger charge is -2.16. The maximum Gasteiger partial charge on any atom is 0.241 e. The molecule has 0 aliphatic carbocycles. The van der Waals surface area contributed by atoms with Gasteiger partial charge in [-0.25, -0.2) is 13.1 Å². The summed E-state index contributed by atoms with van der Waals surface area (Å²) >= 11 is 0. The zero-order valence-electron chi connectivity index (χ0n) is 14.3. The molecule has 0 aliphatic heterocycles. The molecule has 0 bridgehead atoms. The average molecular weight is 351 g/mol. The van der Waals surface area contributed by atoms with Crippen LogP contribution in [0.25, 0.3) is 11.1 Å². The van der Waals surface area contributed by atoms with Gasteiger partial charge in [0.2, 0.25) is 10.0 Å². The van der Waals surface area contributed by atoms with Crippen LogP contribution in [0.4, 0.5) is 0 Å². The first-order valence-corrected chi connectivity index (χ1v) is 9.69. The van der Waals surface area contributed by atoms with E-state index in [0.29, 0.717) is 4.90 Å². The fourth-order valence-electron chi connectivity index (χ4n) is 2.82. The molecule has 0 amide bonds. The zero-order chi connectivity index (χ0) is 17.9. The molecule has 0 saturated carbocycles. The summed E-state index contributed by atoms with van der Waals surface area (Å²) < 4.78 is 28.0. The Morgan fingerprint density at radius 3 is 1.96 bits per heavy atom. The van der Waals surface area contributed by atoms with Crippen molar-refractivity contribution in [3.63, 3.8) is 0 Å². The van der Waals surface area contributed by atoms with E-state index in [1.807, 2.05) is 55.5 Å². The van der Waals surface area contributed by atoms with Crippen molar-refractivity contribution < 1.29 is 8.42 Å². The molecule has 1 N–H and O–H groups in total. The standard InChI is InChI=1S/C21H21NO2S/c1-16-8-6-7-11-21(16)25(23,24)22-17(2)18-12-14-20(15-13-18)19-9-4-3-5-10-19/h3-15,17,22H,1-2H3. The van der Waals surface area contributed by atoms with Gasteiger partial charge in [-0.2, -0.15) is 0 Å². The van der Waals surface area contributed by atoms with E-state index in [9.17, 15) is 8.42 Å². The Hall–Kier alpha value is -2.43. The molecule has 3 aromatic carbocycles. The van der Waals surface area contributed by atoms with Gasteiger partial charge in [-0.1, -0.05) is 72.8 Å². The topological polar surface area (TPSA) is 46.2 Å². The van der Waals surface area contributed by atoms with Crippen molar-refractivity contribution in [3.05, 3.63) is 90.0 Å². The van der Waals surface area contributed by atoms with E-state index in [0.717, 1.165) is 22.3 Å². The third-order valence-corrected chi connectivity index (χ3v) is 5.93. The van der Waals surface area contributed by atoms with E-state index in [1.165, 1.54) is 0 Å². The van der Waals surface area contributed by atoms with Gasteiger partial charge in [-0.15, -0.1) is 0 Å². The Labute approximate surface area is 149 Å². The highest BCUT2D eigenvalue weighted by molar-refractivity contribution is 7.89. The molecule has 1 unspecified atom stereocenters. The van der Waals surface area contributed by atoms with Gasteiger partial charge in [-0.3, -0.25) is 0 Å². The van der Waals surface area contributed by atoms with E-state index in [4.69, 9.17) is 0 Å². The zero-order valence-corrected chi connectivity index (χ0v) is 15.1. The molecule has 0 fully saturated rings. The minimum absolute atomic E-state index is 0.311. The second-order valence-electron chi connectivity index (χ2n) is 6.10. The molecule has 0 heterocycles. The number of nitrogens with one attached hydrogen (secondary N) is 1. The van der Waals surface area contributed by atoms with Crippen LogP contribution in [0.5, 0.6) is 0 Å². The fourth-order valence-corrected chi connectivity index (χ4v) is 4.30. The third-order valence-electron chi connectivity index (χ3n) is 4.23. The maximum atomic E-state index is 12.6. The Morgan fingerprint density at radius 1 is 0.760 bits per heavy atom. The number of benzene rings is 3. The van der Waals surface area contributed by atoms with Gasteiger partial charge in [0.1, 0.15) is 0 Å². The molecule has 0 radical (unpaired) electrons. The number of hydrogen-bond acceptors (Lipinski definition) is 2. The number of rotatable bonds is 5. The number of aryl methyl sites for hydroxylation is 1. The molecule has 0 aliphatic rings. The highest BCUT2D eigenvalue weighted by Crippen LogP contribution is 2.23. The van der Waals surface area contributed by atoms with Crippen molar-refractivity contribution in [2.45, 2.75) is 24.8 Å². The molecule has 3 rings (SSSR count). The van der Waals surface area contributed by atoms with Crippen molar-refractivity contribution >= 4 is 10.0 Å². The second kappa shape index (κ2) is 7.21. The molecule has 4 heteroatoms. The summed E-state index contributed by atoms with van der Waals surface area (Å²) in [4.78, 5) is 0.322. The first-order valence-electron chi connectivity index (χ1n) is 8.21. The van der Waals surface area contributed by atoms with Crippen LogP contribution in [0.15, 0.2) is 83.8 Å². The molecular weight excluding hydrogens is 330 g/mol. The largest absolute Gasteiger partial charge is 0.241 e. The predicted octanol–water partition coefficient (Wildman–Crippen LogP) is 4.70. The van der Waals surface area contributed by atoms with Gasteiger partial charge in [-0.05, 0) is 42.2 Å². The first-order chi connectivity index (χ1) is 12.0. The molecule has 0 aromatic heterocycles. The maximum absolute atomic E-state index is 12.6. The Morgan fingerprint density at radius 2 is 1.32 bits per heavy atom. The number of hydrogen-bond donors (Lipinski definition) is 1. The van der Waals surface area contributed by atoms with Crippen LogP contribution in [0.1, 0.15) is 24.1 Å². The van der Waals surface area contributed by atoms with Crippen molar-refractivity contribution in [2.75, 3.05) is 0 Å². The summed E-state index contributed by atoms with van der Waals surface area (Å²) in [7, 11) is -3.55. The quantitative estimate of drug-likeness (QED) is 0.724. The normalized spacial score (nSPS) is 12.7. The van der Waals surface area contributed by atoms with Crippen molar-refractivity contribution in [1.82, 2.24) is 4.72 Å². The van der Waals surface area contributed by atoms with E-state index in [2.05, 4.69) is 16.9 Å². The summed E-state index contributed by atoms with van der Waals surface area (Å²) in [5.41, 5.74) is 3.92. The monoisotopic (exact) mass is 351 g/mol. The molecular formula is C21H21NO2S. The van der Waals surface area contributed by atoms with Crippen LogP contribution >= 0.6 is 0 Å². The van der Waals surface area contributed by atoms with Crippen LogP contribution in [-0.2, 0) is 10.0 Å². The van der Waals surface area contributed by atoms with Gasteiger partial charge in [0.15, 0.2) is 0 Å². The SMILES string of the molecule is Cc1ccccc1S(=O)(=O)NC(C)c1ccc(-c2ccccc2)cc1. The van der Waals surface area contributed by atoms with Gasteiger partial charge >= 0.3 is 0 Å². The Kier molecular flexibility index (Phi) is 5.02. The highest BCUT2D eigenvalue weighted by atomic mass is 32.2. The molecule has 25 heavy (non-hydrogen) atoms. The van der Waals surface area contributed by atoms with Crippen molar-refractivity contribution in [3.8, 4) is 11.1 Å². The van der Waals surface area contributed by atoms with Gasteiger partial charge in [0, 0.05) is 6.04 Å². The van der Waals surface area contributed by atoms with Crippen LogP contribution in [-0.4, -0.2) is 8.42 Å². The predicted molar refractivity (Wildman–Crippen MR) is 102 cm³/mol. The summed E-state index contributed by atoms with van der Waals surface area (Å²) in [5, 5.41) is 0. The summed E-state index contributed by atoms with van der Waals surface area (Å²) in [5.74, 6) is 0. The van der Waals surface area contributed by atoms with Gasteiger partial charge < -0.3 is 0 Å². The summed E-state index contributed by atoms with van der Waals surface area (Å²) in [6, 6.07) is 24.8. The Bertz CT molecular complexity index is 949. The van der Waals surface area contributed by atoms with E-state index >= 15 is 0 Å². The van der Waals surface area contributed by atoms with Gasteiger partial charge in [0.25, 0.3) is 0 Å². The summed E-state index contributed by atoms with van der Waals surface area (Å²) in [6.45, 7) is 3.65. The van der Waals surface area contributed by atoms with E-state index in [-0.39, 0.29) is 6.04 Å². The second-order valence-corrected chi connectivity index (χ2v) is 7.78. The summed E-state index contributed by atoms with van der Waals surface area (Å²) in [6.07, 6.45) is 0. The van der Waals surface area contributed by atoms with Crippen LogP contribution < -0.4 is 4.72 Å². The first kappa shape index (κ1) is 17.4. The van der Waals surface area contributed by atoms with E-state index < -0.39 is 10.0 Å². The fraction of sp³-hybridized carbons (Fsp3) is 0.143. The molecule has 128 valence electrons. The average Bonchev–Trinajstić information content (AvgIpc) is 2.62. The highest BCUT2D eigenvalue weighted by Gasteiger charge is 2.19. The van der Waals surface area contributed by atoms with Gasteiger partial charge in [0.05, 0.1) is 4.90 Å². The number of sulfonamides is 1. The lowest BCUT2D eigenvalue weighted by atomic mass is 10.0. The molecule has 0 saturated heterocycles. The van der Waals surface area contributed by atoms with Crippen LogP contribution in [0.2, 0.25) is 0 Å². The lowest BCUT2D eigenvalue weighted by molar-refractivity contribution is 0.566. The minimum Gasteiger partial charge on any atom is -0.207 e. The molecule has 3 nitrogen and oxygen atoms in total. The molecule has 0 spiro atoms. The molecule has 1 atom stereocenters. The third kappa shape index (κ3) is 3.98. The lowest BCUT2D eigenvalue weighted by Crippen LogP contribution is -2.27. The molecule has 3 aromatic rings. The smallest absolute Gasteiger partial charge is 0.207 e. The van der Waals surface area contributed by atoms with Crippen molar-refractivity contribution in [2.24, 2.45) is 0 Å². The van der Waals surface area contributed by atoms with E-state index in [1.54, 1.807) is 25.1 Å². The van der Waals surface area contributed by atoms with Crippen LogP contribution in [0.3, 0.4) is 0 Å².